The predicted molar refractivity (Wildman–Crippen MR) is 82.7 cm³/mol. The molecule has 4 nitrogen and oxygen atoms in total. The molecule has 0 saturated carbocycles. The molecule has 1 aromatic heterocycles. The van der Waals surface area contributed by atoms with Gasteiger partial charge in [-0.2, -0.15) is 5.10 Å². The molecule has 1 amide bonds. The molecule has 0 bridgehead atoms. The van der Waals surface area contributed by atoms with Gasteiger partial charge in [-0.15, -0.1) is 0 Å². The predicted octanol–water partition coefficient (Wildman–Crippen LogP) is 3.52. The van der Waals surface area contributed by atoms with E-state index in [1.807, 2.05) is 25.1 Å². The number of carbonyl (C=O) groups excluding carboxylic acids is 1. The standard InChI is InChI=1S/C12H11BrIN3O/c1-2-17-7-9(6-15-17)16-12(18)10-5-8(14)3-4-11(10)13/h3-7H,2H2,1H3,(H,16,18). The maximum Gasteiger partial charge on any atom is 0.256 e. The first-order valence-electron chi connectivity index (χ1n) is 5.39. The molecule has 0 atom stereocenters. The molecular weight excluding hydrogens is 409 g/mol. The van der Waals surface area contributed by atoms with Crippen LogP contribution >= 0.6 is 38.5 Å². The summed E-state index contributed by atoms with van der Waals surface area (Å²) >= 11 is 5.56. The van der Waals surface area contributed by atoms with Crippen molar-refractivity contribution in [1.29, 1.82) is 0 Å². The van der Waals surface area contributed by atoms with Crippen molar-refractivity contribution in [3.8, 4) is 0 Å². The van der Waals surface area contributed by atoms with Crippen LogP contribution in [0.1, 0.15) is 17.3 Å². The van der Waals surface area contributed by atoms with Crippen LogP contribution in [-0.2, 0) is 6.54 Å². The van der Waals surface area contributed by atoms with E-state index in [0.29, 0.717) is 11.3 Å². The Kier molecular flexibility index (Phi) is 4.39. The van der Waals surface area contributed by atoms with Gasteiger partial charge in [0.25, 0.3) is 5.91 Å². The van der Waals surface area contributed by atoms with Crippen molar-refractivity contribution in [3.05, 3.63) is 44.2 Å². The number of nitrogens with one attached hydrogen (secondary N) is 1. The molecule has 1 aromatic carbocycles. The molecule has 0 fully saturated rings. The zero-order valence-electron chi connectivity index (χ0n) is 9.65. The number of hydrogen-bond donors (Lipinski definition) is 1. The first-order valence-corrected chi connectivity index (χ1v) is 7.26. The first-order chi connectivity index (χ1) is 8.60. The Morgan fingerprint density at radius 2 is 2.33 bits per heavy atom. The lowest BCUT2D eigenvalue weighted by Crippen LogP contribution is -2.12. The van der Waals surface area contributed by atoms with Crippen LogP contribution in [0.3, 0.4) is 0 Å². The van der Waals surface area contributed by atoms with Crippen LogP contribution in [0.4, 0.5) is 5.69 Å². The van der Waals surface area contributed by atoms with Crippen molar-refractivity contribution in [2.45, 2.75) is 13.5 Å². The molecule has 2 aromatic rings. The summed E-state index contributed by atoms with van der Waals surface area (Å²) in [6, 6.07) is 5.65. The summed E-state index contributed by atoms with van der Waals surface area (Å²) < 4.78 is 3.56. The van der Waals surface area contributed by atoms with Crippen molar-refractivity contribution in [2.75, 3.05) is 5.32 Å². The van der Waals surface area contributed by atoms with Crippen LogP contribution in [0.15, 0.2) is 35.1 Å². The zero-order chi connectivity index (χ0) is 13.1. The van der Waals surface area contributed by atoms with Crippen LogP contribution in [0, 0.1) is 3.57 Å². The number of rotatable bonds is 3. The van der Waals surface area contributed by atoms with Gasteiger partial charge in [0.15, 0.2) is 0 Å². The van der Waals surface area contributed by atoms with E-state index in [9.17, 15) is 4.79 Å². The Morgan fingerprint density at radius 1 is 1.56 bits per heavy atom. The number of carbonyl (C=O) groups is 1. The number of hydrogen-bond acceptors (Lipinski definition) is 2. The fourth-order valence-corrected chi connectivity index (χ4v) is 2.39. The summed E-state index contributed by atoms with van der Waals surface area (Å²) in [5.74, 6) is -0.143. The first kappa shape index (κ1) is 13.5. The highest BCUT2D eigenvalue weighted by atomic mass is 127. The summed E-state index contributed by atoms with van der Waals surface area (Å²) in [6.07, 6.45) is 3.45. The molecule has 0 unspecified atom stereocenters. The van der Waals surface area contributed by atoms with E-state index in [0.717, 1.165) is 14.6 Å². The number of aryl methyl sites for hydroxylation is 1. The van der Waals surface area contributed by atoms with Crippen LogP contribution in [-0.4, -0.2) is 15.7 Å². The minimum absolute atomic E-state index is 0.143. The second-order valence-electron chi connectivity index (χ2n) is 3.66. The second kappa shape index (κ2) is 5.83. The van der Waals surface area contributed by atoms with Crippen molar-refractivity contribution in [3.63, 3.8) is 0 Å². The molecule has 6 heteroatoms. The monoisotopic (exact) mass is 419 g/mol. The third-order valence-electron chi connectivity index (χ3n) is 2.39. The van der Waals surface area contributed by atoms with Crippen molar-refractivity contribution in [2.24, 2.45) is 0 Å². The highest BCUT2D eigenvalue weighted by Gasteiger charge is 2.11. The summed E-state index contributed by atoms with van der Waals surface area (Å²) in [5, 5.41) is 6.94. The van der Waals surface area contributed by atoms with Crippen LogP contribution in [0.5, 0.6) is 0 Å². The Morgan fingerprint density at radius 3 is 3.00 bits per heavy atom. The minimum Gasteiger partial charge on any atom is -0.319 e. The Labute approximate surface area is 127 Å². The van der Waals surface area contributed by atoms with Gasteiger partial charge in [0.1, 0.15) is 0 Å². The summed E-state index contributed by atoms with van der Waals surface area (Å²) in [7, 11) is 0. The molecule has 0 spiro atoms. The maximum absolute atomic E-state index is 12.1. The molecule has 1 N–H and O–H groups in total. The lowest BCUT2D eigenvalue weighted by atomic mass is 10.2. The van der Waals surface area contributed by atoms with Crippen LogP contribution in [0.25, 0.3) is 0 Å². The normalized spacial score (nSPS) is 10.4. The molecule has 18 heavy (non-hydrogen) atoms. The third kappa shape index (κ3) is 3.11. The molecule has 0 saturated heterocycles. The van der Waals surface area contributed by atoms with Crippen molar-refractivity contribution < 1.29 is 4.79 Å². The molecule has 0 aliphatic heterocycles. The van der Waals surface area contributed by atoms with Crippen LogP contribution in [0.2, 0.25) is 0 Å². The quantitative estimate of drug-likeness (QED) is 0.773. The number of halogens is 2. The third-order valence-corrected chi connectivity index (χ3v) is 3.75. The van der Waals surface area contributed by atoms with E-state index in [1.54, 1.807) is 17.1 Å². The Hall–Kier alpha value is -0.890. The van der Waals surface area contributed by atoms with Gasteiger partial charge >= 0.3 is 0 Å². The van der Waals surface area contributed by atoms with Gasteiger partial charge in [-0.3, -0.25) is 9.48 Å². The van der Waals surface area contributed by atoms with Gasteiger partial charge in [0.05, 0.1) is 17.4 Å². The Bertz CT molecular complexity index is 582. The number of amides is 1. The lowest BCUT2D eigenvalue weighted by molar-refractivity contribution is 0.102. The van der Waals surface area contributed by atoms with E-state index < -0.39 is 0 Å². The average Bonchev–Trinajstić information content (AvgIpc) is 2.80. The number of aromatic nitrogens is 2. The largest absolute Gasteiger partial charge is 0.319 e. The number of anilines is 1. The van der Waals surface area contributed by atoms with Gasteiger partial charge < -0.3 is 5.32 Å². The summed E-state index contributed by atoms with van der Waals surface area (Å²) in [4.78, 5) is 12.1. The van der Waals surface area contributed by atoms with Gasteiger partial charge in [-0.25, -0.2) is 0 Å². The summed E-state index contributed by atoms with van der Waals surface area (Å²) in [6.45, 7) is 2.78. The highest BCUT2D eigenvalue weighted by molar-refractivity contribution is 14.1. The van der Waals surface area contributed by atoms with E-state index in [-0.39, 0.29) is 5.91 Å². The zero-order valence-corrected chi connectivity index (χ0v) is 13.4. The smallest absolute Gasteiger partial charge is 0.256 e. The van der Waals surface area contributed by atoms with Gasteiger partial charge in [0.2, 0.25) is 0 Å². The van der Waals surface area contributed by atoms with E-state index >= 15 is 0 Å². The number of benzene rings is 1. The van der Waals surface area contributed by atoms with Crippen LogP contribution < -0.4 is 5.32 Å². The molecule has 94 valence electrons. The molecule has 0 aliphatic carbocycles. The van der Waals surface area contributed by atoms with E-state index in [1.165, 1.54) is 0 Å². The highest BCUT2D eigenvalue weighted by Crippen LogP contribution is 2.20. The van der Waals surface area contributed by atoms with Crippen molar-refractivity contribution >= 4 is 50.1 Å². The maximum atomic E-state index is 12.1. The van der Waals surface area contributed by atoms with Gasteiger partial charge in [-0.1, -0.05) is 0 Å². The van der Waals surface area contributed by atoms with E-state index in [4.69, 9.17) is 0 Å². The summed E-state index contributed by atoms with van der Waals surface area (Å²) in [5.41, 5.74) is 1.32. The number of nitrogens with zero attached hydrogens (tertiary/aromatic N) is 2. The molecular formula is C12H11BrIN3O. The van der Waals surface area contributed by atoms with Crippen molar-refractivity contribution in [1.82, 2.24) is 9.78 Å². The second-order valence-corrected chi connectivity index (χ2v) is 5.76. The van der Waals surface area contributed by atoms with E-state index in [2.05, 4.69) is 48.9 Å². The average molecular weight is 420 g/mol. The fraction of sp³-hybridized carbons (Fsp3) is 0.167. The molecule has 0 aliphatic rings. The van der Waals surface area contributed by atoms with Gasteiger partial charge in [0, 0.05) is 20.8 Å². The lowest BCUT2D eigenvalue weighted by Gasteiger charge is -2.05. The molecule has 1 heterocycles. The fourth-order valence-electron chi connectivity index (χ4n) is 1.47. The molecule has 0 radical (unpaired) electrons. The Balaban J connectivity index is 2.19. The SMILES string of the molecule is CCn1cc(NC(=O)c2cc(I)ccc2Br)cn1. The topological polar surface area (TPSA) is 46.9 Å². The molecule has 2 rings (SSSR count). The minimum atomic E-state index is -0.143. The van der Waals surface area contributed by atoms with Gasteiger partial charge in [-0.05, 0) is 63.6 Å².